The van der Waals surface area contributed by atoms with Gasteiger partial charge in [-0.25, -0.2) is 0 Å². The van der Waals surface area contributed by atoms with E-state index in [0.29, 0.717) is 18.6 Å². The summed E-state index contributed by atoms with van der Waals surface area (Å²) in [6, 6.07) is 3.83. The van der Waals surface area contributed by atoms with Gasteiger partial charge in [0.2, 0.25) is 0 Å². The van der Waals surface area contributed by atoms with Crippen molar-refractivity contribution in [2.75, 3.05) is 0 Å². The molecule has 0 aliphatic carbocycles. The zero-order valence-corrected chi connectivity index (χ0v) is 9.50. The lowest BCUT2D eigenvalue weighted by molar-refractivity contribution is -0.107. The first-order valence-corrected chi connectivity index (χ1v) is 5.38. The van der Waals surface area contributed by atoms with Gasteiger partial charge >= 0.3 is 0 Å². The van der Waals surface area contributed by atoms with Gasteiger partial charge in [0.25, 0.3) is 0 Å². The predicted molar refractivity (Wildman–Crippen MR) is 63.8 cm³/mol. The fourth-order valence-electron chi connectivity index (χ4n) is 2.02. The second-order valence-corrected chi connectivity index (χ2v) is 4.08. The van der Waals surface area contributed by atoms with E-state index in [-0.39, 0.29) is 0 Å². The third-order valence-corrected chi connectivity index (χ3v) is 3.05. The molecule has 0 atom stereocenters. The normalized spacial score (nSPS) is 10.9. The number of phenols is 1. The van der Waals surface area contributed by atoms with Gasteiger partial charge in [0, 0.05) is 23.0 Å². The molecule has 1 aromatic heterocycles. The van der Waals surface area contributed by atoms with E-state index in [1.54, 1.807) is 0 Å². The maximum Gasteiger partial charge on any atom is 0.128 e. The smallest absolute Gasteiger partial charge is 0.128 e. The van der Waals surface area contributed by atoms with E-state index in [2.05, 4.69) is 4.98 Å². The Kier molecular flexibility index (Phi) is 2.69. The highest BCUT2D eigenvalue weighted by Crippen LogP contribution is 2.33. The number of rotatable bonds is 3. The van der Waals surface area contributed by atoms with Crippen LogP contribution in [0.2, 0.25) is 0 Å². The number of phenolic OH excluding ortho intramolecular Hbond substituents is 1. The van der Waals surface area contributed by atoms with Gasteiger partial charge in [-0.2, -0.15) is 0 Å². The number of benzene rings is 1. The number of carbonyl (C=O) groups excluding carboxylic acids is 1. The number of H-pyrrole nitrogens is 1. The molecule has 84 valence electrons. The molecule has 3 heteroatoms. The Morgan fingerprint density at radius 2 is 2.12 bits per heavy atom. The Morgan fingerprint density at radius 1 is 1.38 bits per heavy atom. The fourth-order valence-corrected chi connectivity index (χ4v) is 2.02. The lowest BCUT2D eigenvalue weighted by atomic mass is 10.0. The molecule has 0 aliphatic heterocycles. The molecule has 2 aromatic rings. The van der Waals surface area contributed by atoms with Crippen LogP contribution in [0, 0.1) is 13.8 Å². The van der Waals surface area contributed by atoms with Gasteiger partial charge in [0.15, 0.2) is 0 Å². The van der Waals surface area contributed by atoms with Crippen LogP contribution < -0.4 is 0 Å². The van der Waals surface area contributed by atoms with Gasteiger partial charge in [-0.15, -0.1) is 0 Å². The minimum atomic E-state index is 0.307. The minimum absolute atomic E-state index is 0.307. The summed E-state index contributed by atoms with van der Waals surface area (Å²) >= 11 is 0. The molecule has 0 spiro atoms. The number of aromatic nitrogens is 1. The molecule has 3 nitrogen and oxygen atoms in total. The van der Waals surface area contributed by atoms with Crippen LogP contribution in [0.1, 0.15) is 23.2 Å². The first-order valence-electron chi connectivity index (χ1n) is 5.38. The van der Waals surface area contributed by atoms with E-state index < -0.39 is 0 Å². The molecule has 0 saturated carbocycles. The Hall–Kier alpha value is -1.77. The molecule has 0 aliphatic rings. The second-order valence-electron chi connectivity index (χ2n) is 4.08. The summed E-state index contributed by atoms with van der Waals surface area (Å²) in [5, 5.41) is 11.0. The minimum Gasteiger partial charge on any atom is -0.507 e. The number of carbonyl (C=O) groups is 1. The van der Waals surface area contributed by atoms with Gasteiger partial charge in [0.05, 0.1) is 0 Å². The number of fused-ring (bicyclic) bond motifs is 1. The van der Waals surface area contributed by atoms with Gasteiger partial charge in [-0.3, -0.25) is 0 Å². The number of nitrogens with one attached hydrogen (secondary N) is 1. The molecule has 0 bridgehead atoms. The van der Waals surface area contributed by atoms with Crippen LogP contribution >= 0.6 is 0 Å². The Labute approximate surface area is 94.1 Å². The standard InChI is InChI=1S/C13H15NO2/c1-8-9(2)14-11-6-5-10(4-3-7-15)13(16)12(8)11/h5-7,14,16H,3-4H2,1-2H3. The second kappa shape index (κ2) is 4.00. The van der Waals surface area contributed by atoms with E-state index >= 15 is 0 Å². The van der Waals surface area contributed by atoms with Gasteiger partial charge < -0.3 is 14.9 Å². The third-order valence-electron chi connectivity index (χ3n) is 3.05. The van der Waals surface area contributed by atoms with Crippen LogP contribution in [0.25, 0.3) is 10.9 Å². The van der Waals surface area contributed by atoms with Crippen molar-refractivity contribution in [3.8, 4) is 5.75 Å². The van der Waals surface area contributed by atoms with Crippen LogP contribution in [0.3, 0.4) is 0 Å². The molecule has 2 rings (SSSR count). The van der Waals surface area contributed by atoms with Crippen LogP contribution in [-0.4, -0.2) is 16.4 Å². The number of aryl methyl sites for hydroxylation is 3. The fraction of sp³-hybridized carbons (Fsp3) is 0.308. The SMILES string of the molecule is Cc1[nH]c2ccc(CCC=O)c(O)c2c1C. The van der Waals surface area contributed by atoms with Crippen molar-refractivity contribution in [3.63, 3.8) is 0 Å². The summed E-state index contributed by atoms with van der Waals surface area (Å²) in [5.41, 5.74) is 3.92. The van der Waals surface area contributed by atoms with Crippen molar-refractivity contribution in [2.45, 2.75) is 26.7 Å². The van der Waals surface area contributed by atoms with E-state index in [0.717, 1.165) is 34.0 Å². The molecule has 0 amide bonds. The van der Waals surface area contributed by atoms with Crippen LogP contribution in [0.5, 0.6) is 5.75 Å². The van der Waals surface area contributed by atoms with Crippen molar-refractivity contribution in [1.29, 1.82) is 0 Å². The number of aldehydes is 1. The van der Waals surface area contributed by atoms with Crippen LogP contribution in [0.15, 0.2) is 12.1 Å². The maximum absolute atomic E-state index is 10.3. The summed E-state index contributed by atoms with van der Waals surface area (Å²) < 4.78 is 0. The largest absolute Gasteiger partial charge is 0.507 e. The Balaban J connectivity index is 2.58. The van der Waals surface area contributed by atoms with E-state index in [1.165, 1.54) is 0 Å². The average Bonchev–Trinajstić information content (AvgIpc) is 2.55. The molecule has 1 aromatic carbocycles. The molecule has 0 fully saturated rings. The average molecular weight is 217 g/mol. The first kappa shape index (κ1) is 10.7. The van der Waals surface area contributed by atoms with Crippen molar-refractivity contribution in [1.82, 2.24) is 4.98 Å². The molecule has 16 heavy (non-hydrogen) atoms. The van der Waals surface area contributed by atoms with Crippen molar-refractivity contribution in [2.24, 2.45) is 0 Å². The van der Waals surface area contributed by atoms with E-state index in [4.69, 9.17) is 0 Å². The zero-order chi connectivity index (χ0) is 11.7. The number of aromatic hydroxyl groups is 1. The summed E-state index contributed by atoms with van der Waals surface area (Å²) in [4.78, 5) is 13.6. The highest BCUT2D eigenvalue weighted by atomic mass is 16.3. The molecular formula is C13H15NO2. The summed E-state index contributed by atoms with van der Waals surface area (Å²) in [6.45, 7) is 3.97. The zero-order valence-electron chi connectivity index (χ0n) is 9.50. The van der Waals surface area contributed by atoms with Crippen molar-refractivity contribution < 1.29 is 9.90 Å². The lowest BCUT2D eigenvalue weighted by Crippen LogP contribution is -1.88. The monoisotopic (exact) mass is 217 g/mol. The van der Waals surface area contributed by atoms with Crippen LogP contribution in [-0.2, 0) is 11.2 Å². The third kappa shape index (κ3) is 1.58. The van der Waals surface area contributed by atoms with Gasteiger partial charge in [0.1, 0.15) is 12.0 Å². The lowest BCUT2D eigenvalue weighted by Gasteiger charge is -2.04. The molecule has 2 N–H and O–H groups in total. The summed E-state index contributed by atoms with van der Waals surface area (Å²) in [5.74, 6) is 0.307. The molecule has 1 heterocycles. The van der Waals surface area contributed by atoms with Gasteiger partial charge in [-0.1, -0.05) is 6.07 Å². The van der Waals surface area contributed by atoms with E-state index in [9.17, 15) is 9.90 Å². The van der Waals surface area contributed by atoms with E-state index in [1.807, 2.05) is 26.0 Å². The number of hydrogen-bond acceptors (Lipinski definition) is 2. The quantitative estimate of drug-likeness (QED) is 0.776. The molecular weight excluding hydrogens is 202 g/mol. The first-order chi connectivity index (χ1) is 7.65. The molecule has 0 saturated heterocycles. The van der Waals surface area contributed by atoms with Crippen molar-refractivity contribution >= 4 is 17.2 Å². The highest BCUT2D eigenvalue weighted by Gasteiger charge is 2.11. The Morgan fingerprint density at radius 3 is 2.81 bits per heavy atom. The summed E-state index contributed by atoms with van der Waals surface area (Å²) in [6.07, 6.45) is 1.91. The van der Waals surface area contributed by atoms with Gasteiger partial charge in [-0.05, 0) is 37.5 Å². The van der Waals surface area contributed by atoms with Crippen LogP contribution in [0.4, 0.5) is 0 Å². The Bertz CT molecular complexity index is 540. The number of hydrogen-bond donors (Lipinski definition) is 2. The topological polar surface area (TPSA) is 53.1 Å². The highest BCUT2D eigenvalue weighted by molar-refractivity contribution is 5.91. The van der Waals surface area contributed by atoms with Crippen molar-refractivity contribution in [3.05, 3.63) is 29.0 Å². The molecule has 0 radical (unpaired) electrons. The molecule has 0 unspecified atom stereocenters. The maximum atomic E-state index is 10.3. The number of aromatic amines is 1. The summed E-state index contributed by atoms with van der Waals surface area (Å²) in [7, 11) is 0. The predicted octanol–water partition coefficient (Wildman–Crippen LogP) is 2.62.